The first kappa shape index (κ1) is 11.3. The number of hydrogen-bond donors (Lipinski definition) is 0. The molecule has 3 nitrogen and oxygen atoms in total. The second kappa shape index (κ2) is 4.22. The number of piperidine rings is 4. The number of nitrogens with zero attached hydrogens (tertiary/aromatic N) is 2. The van der Waals surface area contributed by atoms with Crippen LogP contribution in [0, 0.1) is 11.8 Å². The summed E-state index contributed by atoms with van der Waals surface area (Å²) in [5, 5.41) is 0. The van der Waals surface area contributed by atoms with Crippen molar-refractivity contribution in [1.82, 2.24) is 9.80 Å². The molecule has 4 aliphatic heterocycles. The molecule has 0 spiro atoms. The predicted molar refractivity (Wildman–Crippen MR) is 70.2 cm³/mol. The molecule has 2 unspecified atom stereocenters. The van der Waals surface area contributed by atoms with Crippen molar-refractivity contribution in [2.24, 2.45) is 11.8 Å². The van der Waals surface area contributed by atoms with Gasteiger partial charge in [-0.05, 0) is 50.5 Å². The summed E-state index contributed by atoms with van der Waals surface area (Å²) >= 11 is 0. The maximum Gasteiger partial charge on any atom is 0.222 e. The third kappa shape index (κ3) is 1.63. The van der Waals surface area contributed by atoms with E-state index in [1.165, 1.54) is 45.2 Å². The number of carbonyl (C=O) groups excluding carboxylic acids is 1. The highest BCUT2D eigenvalue weighted by molar-refractivity contribution is 5.77. The van der Waals surface area contributed by atoms with Crippen LogP contribution in [0.3, 0.4) is 0 Å². The molecule has 4 fully saturated rings. The van der Waals surface area contributed by atoms with E-state index in [4.69, 9.17) is 0 Å². The van der Waals surface area contributed by atoms with Gasteiger partial charge < -0.3 is 4.90 Å². The lowest BCUT2D eigenvalue weighted by atomic mass is 9.71. The van der Waals surface area contributed by atoms with Gasteiger partial charge in [0.05, 0.1) is 0 Å². The van der Waals surface area contributed by atoms with Crippen molar-refractivity contribution in [3.8, 4) is 0 Å². The Balaban J connectivity index is 1.59. The molecule has 0 aromatic rings. The lowest BCUT2D eigenvalue weighted by molar-refractivity contribution is -0.148. The number of rotatable bonds is 0. The third-order valence-corrected chi connectivity index (χ3v) is 5.87. The quantitative estimate of drug-likeness (QED) is 0.653. The summed E-state index contributed by atoms with van der Waals surface area (Å²) < 4.78 is 0. The van der Waals surface area contributed by atoms with E-state index in [2.05, 4.69) is 9.80 Å². The van der Waals surface area contributed by atoms with Crippen molar-refractivity contribution >= 4 is 5.91 Å². The lowest BCUT2D eigenvalue weighted by Crippen LogP contribution is -2.64. The van der Waals surface area contributed by atoms with E-state index in [0.29, 0.717) is 11.9 Å². The Bertz CT molecular complexity index is 356. The molecule has 4 saturated heterocycles. The summed E-state index contributed by atoms with van der Waals surface area (Å²) in [6, 6.07) is 1.39. The summed E-state index contributed by atoms with van der Waals surface area (Å²) in [6.07, 6.45) is 8.78. The molecule has 3 heteroatoms. The maximum absolute atomic E-state index is 12.1. The van der Waals surface area contributed by atoms with Gasteiger partial charge in [0.1, 0.15) is 0 Å². The zero-order chi connectivity index (χ0) is 12.1. The second-order valence-corrected chi connectivity index (χ2v) is 6.82. The van der Waals surface area contributed by atoms with Crippen LogP contribution in [0.5, 0.6) is 0 Å². The molecule has 0 aromatic heterocycles. The van der Waals surface area contributed by atoms with Crippen LogP contribution >= 0.6 is 0 Å². The van der Waals surface area contributed by atoms with Crippen LogP contribution in [0.15, 0.2) is 0 Å². The Hall–Kier alpha value is -0.570. The highest BCUT2D eigenvalue weighted by Gasteiger charge is 2.47. The van der Waals surface area contributed by atoms with Crippen molar-refractivity contribution in [2.45, 2.75) is 57.0 Å². The molecule has 100 valence electrons. The van der Waals surface area contributed by atoms with Crippen LogP contribution in [0.25, 0.3) is 0 Å². The molecule has 0 aliphatic carbocycles. The van der Waals surface area contributed by atoms with E-state index in [0.717, 1.165) is 37.3 Å². The molecule has 4 heterocycles. The van der Waals surface area contributed by atoms with Crippen LogP contribution in [-0.2, 0) is 4.79 Å². The fourth-order valence-electron chi connectivity index (χ4n) is 5.10. The SMILES string of the molecule is O=C1CCCC2[C@@H]3C[C@@H](CN12)C1CCCCN1C3. The Morgan fingerprint density at radius 2 is 1.78 bits per heavy atom. The largest absolute Gasteiger partial charge is 0.339 e. The van der Waals surface area contributed by atoms with Crippen molar-refractivity contribution in [3.05, 3.63) is 0 Å². The normalized spacial score (nSPS) is 44.4. The van der Waals surface area contributed by atoms with Gasteiger partial charge in [0.2, 0.25) is 5.91 Å². The molecule has 18 heavy (non-hydrogen) atoms. The molecular weight excluding hydrogens is 224 g/mol. The van der Waals surface area contributed by atoms with Crippen LogP contribution < -0.4 is 0 Å². The zero-order valence-corrected chi connectivity index (χ0v) is 11.2. The van der Waals surface area contributed by atoms with E-state index in [1.54, 1.807) is 0 Å². The summed E-state index contributed by atoms with van der Waals surface area (Å²) in [5.41, 5.74) is 0. The molecular formula is C15H24N2O. The minimum atomic E-state index is 0.449. The monoisotopic (exact) mass is 248 g/mol. The van der Waals surface area contributed by atoms with Crippen molar-refractivity contribution < 1.29 is 4.79 Å². The zero-order valence-electron chi connectivity index (χ0n) is 11.2. The fraction of sp³-hybridized carbons (Fsp3) is 0.933. The average Bonchev–Trinajstić information content (AvgIpc) is 2.40. The second-order valence-electron chi connectivity index (χ2n) is 6.82. The molecule has 0 radical (unpaired) electrons. The van der Waals surface area contributed by atoms with E-state index in [9.17, 15) is 4.79 Å². The van der Waals surface area contributed by atoms with Crippen LogP contribution in [-0.4, -0.2) is 47.4 Å². The summed E-state index contributed by atoms with van der Waals surface area (Å²) in [7, 11) is 0. The number of carbonyl (C=O) groups is 1. The van der Waals surface area contributed by atoms with Gasteiger partial charge in [-0.15, -0.1) is 0 Å². The van der Waals surface area contributed by atoms with Crippen LogP contribution in [0.4, 0.5) is 0 Å². The average molecular weight is 248 g/mol. The lowest BCUT2D eigenvalue weighted by Gasteiger charge is -2.56. The third-order valence-electron chi connectivity index (χ3n) is 5.87. The number of fused-ring (bicyclic) bond motifs is 6. The predicted octanol–water partition coefficient (Wildman–Crippen LogP) is 1.87. The van der Waals surface area contributed by atoms with Gasteiger partial charge in [0.25, 0.3) is 0 Å². The van der Waals surface area contributed by atoms with Crippen molar-refractivity contribution in [1.29, 1.82) is 0 Å². The Morgan fingerprint density at radius 3 is 2.72 bits per heavy atom. The fourth-order valence-corrected chi connectivity index (χ4v) is 5.10. The summed E-state index contributed by atoms with van der Waals surface area (Å²) in [6.45, 7) is 3.66. The van der Waals surface area contributed by atoms with Gasteiger partial charge in [-0.25, -0.2) is 0 Å². The Kier molecular flexibility index (Phi) is 2.65. The molecule has 2 bridgehead atoms. The Labute approximate surface area is 110 Å². The van der Waals surface area contributed by atoms with E-state index < -0.39 is 0 Å². The first-order valence-electron chi connectivity index (χ1n) is 7.86. The van der Waals surface area contributed by atoms with Crippen LogP contribution in [0.2, 0.25) is 0 Å². The molecule has 4 rings (SSSR count). The molecule has 4 atom stereocenters. The smallest absolute Gasteiger partial charge is 0.222 e. The number of hydrogen-bond acceptors (Lipinski definition) is 2. The van der Waals surface area contributed by atoms with E-state index >= 15 is 0 Å². The molecule has 0 aromatic carbocycles. The first-order valence-corrected chi connectivity index (χ1v) is 7.86. The van der Waals surface area contributed by atoms with Gasteiger partial charge in [0, 0.05) is 31.6 Å². The summed E-state index contributed by atoms with van der Waals surface area (Å²) in [4.78, 5) is 17.2. The van der Waals surface area contributed by atoms with E-state index in [-0.39, 0.29) is 0 Å². The van der Waals surface area contributed by atoms with Gasteiger partial charge in [-0.1, -0.05) is 6.42 Å². The maximum atomic E-state index is 12.1. The summed E-state index contributed by atoms with van der Waals surface area (Å²) in [5.74, 6) is 2.01. The molecule has 4 aliphatic rings. The Morgan fingerprint density at radius 1 is 0.944 bits per heavy atom. The number of amides is 1. The minimum absolute atomic E-state index is 0.449. The standard InChI is InChI=1S/C15H24N2O/c18-15-6-3-5-14-11-8-12(10-17(14)15)13-4-1-2-7-16(13)9-11/h11-14H,1-10H2/t11-,12+,13?,14?/m1/s1. The van der Waals surface area contributed by atoms with E-state index in [1.807, 2.05) is 0 Å². The van der Waals surface area contributed by atoms with Crippen LogP contribution in [0.1, 0.15) is 44.9 Å². The van der Waals surface area contributed by atoms with Gasteiger partial charge in [-0.2, -0.15) is 0 Å². The highest BCUT2D eigenvalue weighted by atomic mass is 16.2. The molecule has 0 saturated carbocycles. The van der Waals surface area contributed by atoms with Gasteiger partial charge >= 0.3 is 0 Å². The minimum Gasteiger partial charge on any atom is -0.339 e. The highest BCUT2D eigenvalue weighted by Crippen LogP contribution is 2.42. The van der Waals surface area contributed by atoms with Gasteiger partial charge in [-0.3, -0.25) is 9.69 Å². The topological polar surface area (TPSA) is 23.6 Å². The van der Waals surface area contributed by atoms with Gasteiger partial charge in [0.15, 0.2) is 0 Å². The molecule has 0 N–H and O–H groups in total. The first-order chi connectivity index (χ1) is 8.83. The van der Waals surface area contributed by atoms with Crippen molar-refractivity contribution in [2.75, 3.05) is 19.6 Å². The molecule has 1 amide bonds. The van der Waals surface area contributed by atoms with Crippen molar-refractivity contribution in [3.63, 3.8) is 0 Å².